The van der Waals surface area contributed by atoms with Crippen molar-refractivity contribution in [3.63, 3.8) is 0 Å². The number of carbonyl (C=O) groups is 2. The highest BCUT2D eigenvalue weighted by atomic mass is 16.4. The molecule has 1 amide bonds. The lowest BCUT2D eigenvalue weighted by atomic mass is 9.32. The van der Waals surface area contributed by atoms with Crippen molar-refractivity contribution < 1.29 is 14.7 Å². The van der Waals surface area contributed by atoms with Crippen LogP contribution in [0.25, 0.3) is 17.0 Å². The van der Waals surface area contributed by atoms with E-state index < -0.39 is 12.0 Å². The molecular formula is C26H29N3O3. The maximum Gasteiger partial charge on any atom is 0.325 e. The number of aryl methyl sites for hydroxylation is 1. The van der Waals surface area contributed by atoms with E-state index in [0.717, 1.165) is 16.7 Å². The van der Waals surface area contributed by atoms with Crippen LogP contribution in [0.1, 0.15) is 51.2 Å². The van der Waals surface area contributed by atoms with Crippen molar-refractivity contribution in [3.8, 4) is 11.4 Å². The molecule has 6 nitrogen and oxygen atoms in total. The molecule has 0 bridgehead atoms. The van der Waals surface area contributed by atoms with E-state index in [-0.39, 0.29) is 12.3 Å². The molecule has 2 N–H and O–H groups in total. The van der Waals surface area contributed by atoms with Gasteiger partial charge in [-0.2, -0.15) is 0 Å². The number of carboxylic acid groups (broad SMARTS) is 1. The monoisotopic (exact) mass is 431 g/mol. The fourth-order valence-electron chi connectivity index (χ4n) is 6.12. The number of carbonyl (C=O) groups excluding carboxylic acids is 1. The van der Waals surface area contributed by atoms with Crippen molar-refractivity contribution in [2.24, 2.45) is 22.7 Å². The number of allylic oxidation sites excluding steroid dienone is 2. The second kappa shape index (κ2) is 7.26. The van der Waals surface area contributed by atoms with Gasteiger partial charge < -0.3 is 10.4 Å². The minimum Gasteiger partial charge on any atom is -0.480 e. The molecule has 3 aliphatic rings. The standard InChI is InChI=1S/C26H29N3O3/c1-15(24(31)32)29-22(30)9-6-16-4-7-17(8-5-16)23-27-13-18(14-28-23)20-10-19-11-25(2)12-21(20)26(19,25)3/h4-5,7-8,10,13-15,19,21H,6,9,11-12H2,1-3H3,(H,29,30)(H,31,32). The lowest BCUT2D eigenvalue weighted by molar-refractivity contribution is -0.211. The summed E-state index contributed by atoms with van der Waals surface area (Å²) in [6.07, 6.45) is 9.78. The van der Waals surface area contributed by atoms with Gasteiger partial charge in [0.05, 0.1) is 0 Å². The summed E-state index contributed by atoms with van der Waals surface area (Å²) in [6, 6.07) is 6.99. The van der Waals surface area contributed by atoms with Crippen LogP contribution in [0.3, 0.4) is 0 Å². The molecule has 0 radical (unpaired) electrons. The Morgan fingerprint density at radius 3 is 2.41 bits per heavy atom. The summed E-state index contributed by atoms with van der Waals surface area (Å²) in [5.41, 5.74) is 5.50. The van der Waals surface area contributed by atoms with E-state index in [2.05, 4.69) is 35.2 Å². The normalized spacial score (nSPS) is 30.4. The largest absolute Gasteiger partial charge is 0.480 e. The summed E-state index contributed by atoms with van der Waals surface area (Å²) in [4.78, 5) is 32.0. The van der Waals surface area contributed by atoms with Gasteiger partial charge in [0.2, 0.25) is 5.91 Å². The zero-order valence-corrected chi connectivity index (χ0v) is 18.8. The number of hydrogen-bond donors (Lipinski definition) is 2. The van der Waals surface area contributed by atoms with Crippen molar-refractivity contribution >= 4 is 17.4 Å². The molecule has 5 atom stereocenters. The van der Waals surface area contributed by atoms with Crippen LogP contribution >= 0.6 is 0 Å². The van der Waals surface area contributed by atoms with E-state index >= 15 is 0 Å². The first-order valence-corrected chi connectivity index (χ1v) is 11.4. The third-order valence-corrected chi connectivity index (χ3v) is 8.46. The summed E-state index contributed by atoms with van der Waals surface area (Å²) in [5.74, 6) is 0.752. The summed E-state index contributed by atoms with van der Waals surface area (Å²) in [7, 11) is 0. The molecule has 2 aromatic rings. The van der Waals surface area contributed by atoms with Crippen molar-refractivity contribution in [2.45, 2.75) is 52.5 Å². The molecule has 1 aromatic heterocycles. The number of rotatable bonds is 7. The molecule has 2 fully saturated rings. The van der Waals surface area contributed by atoms with Gasteiger partial charge in [-0.05, 0) is 60.0 Å². The van der Waals surface area contributed by atoms with E-state index in [1.807, 2.05) is 36.7 Å². The summed E-state index contributed by atoms with van der Waals surface area (Å²) in [6.45, 7) is 6.34. The van der Waals surface area contributed by atoms with Gasteiger partial charge in [-0.25, -0.2) is 9.97 Å². The first-order chi connectivity index (χ1) is 15.2. The number of benzene rings is 1. The minimum absolute atomic E-state index is 0.247. The van der Waals surface area contributed by atoms with Crippen LogP contribution in [-0.2, 0) is 16.0 Å². The van der Waals surface area contributed by atoms with Gasteiger partial charge >= 0.3 is 5.97 Å². The molecule has 5 rings (SSSR count). The van der Waals surface area contributed by atoms with Gasteiger partial charge in [0.25, 0.3) is 0 Å². The number of amides is 1. The zero-order chi connectivity index (χ0) is 22.7. The molecule has 166 valence electrons. The number of hydrogen-bond acceptors (Lipinski definition) is 4. The second-order valence-corrected chi connectivity index (χ2v) is 10.2. The fraction of sp³-hybridized carbons (Fsp3) is 0.462. The van der Waals surface area contributed by atoms with Crippen LogP contribution in [0, 0.1) is 22.7 Å². The molecule has 0 saturated heterocycles. The lowest BCUT2D eigenvalue weighted by Gasteiger charge is -2.71. The summed E-state index contributed by atoms with van der Waals surface area (Å²) >= 11 is 0. The van der Waals surface area contributed by atoms with Crippen LogP contribution in [0.4, 0.5) is 0 Å². The highest BCUT2D eigenvalue weighted by molar-refractivity contribution is 5.83. The Kier molecular flexibility index (Phi) is 4.73. The van der Waals surface area contributed by atoms with Crippen LogP contribution in [-0.4, -0.2) is 33.0 Å². The van der Waals surface area contributed by atoms with E-state index in [1.54, 1.807) is 0 Å². The van der Waals surface area contributed by atoms with Crippen molar-refractivity contribution in [1.82, 2.24) is 15.3 Å². The van der Waals surface area contributed by atoms with E-state index in [9.17, 15) is 9.59 Å². The molecule has 2 saturated carbocycles. The molecule has 0 spiro atoms. The maximum absolute atomic E-state index is 11.9. The Labute approximate surface area is 188 Å². The number of nitrogens with zero attached hydrogens (tertiary/aromatic N) is 2. The maximum atomic E-state index is 11.9. The number of carboxylic acids is 1. The Balaban J connectivity index is 1.21. The average Bonchev–Trinajstić information content (AvgIpc) is 2.89. The van der Waals surface area contributed by atoms with Gasteiger partial charge in [-0.1, -0.05) is 44.2 Å². The summed E-state index contributed by atoms with van der Waals surface area (Å²) in [5, 5.41) is 11.3. The molecular weight excluding hydrogens is 402 g/mol. The van der Waals surface area contributed by atoms with Crippen molar-refractivity contribution in [3.05, 3.63) is 53.9 Å². The fourth-order valence-corrected chi connectivity index (χ4v) is 6.12. The molecule has 5 unspecified atom stereocenters. The SMILES string of the molecule is CC(NC(=O)CCc1ccc(-c2ncc(C3=CC4CC5(C)CC3C45C)cn2)cc1)C(=O)O. The highest BCUT2D eigenvalue weighted by Crippen LogP contribution is 2.81. The Morgan fingerprint density at radius 1 is 1.12 bits per heavy atom. The van der Waals surface area contributed by atoms with Crippen LogP contribution < -0.4 is 5.32 Å². The number of aliphatic carboxylic acids is 1. The number of aromatic nitrogens is 2. The Hall–Kier alpha value is -3.02. The van der Waals surface area contributed by atoms with Gasteiger partial charge in [-0.15, -0.1) is 0 Å². The van der Waals surface area contributed by atoms with Crippen molar-refractivity contribution in [2.75, 3.05) is 0 Å². The van der Waals surface area contributed by atoms with Gasteiger partial charge in [-0.3, -0.25) is 9.59 Å². The predicted octanol–water partition coefficient (Wildman–Crippen LogP) is 4.11. The predicted molar refractivity (Wildman–Crippen MR) is 121 cm³/mol. The van der Waals surface area contributed by atoms with Gasteiger partial charge in [0.15, 0.2) is 5.82 Å². The smallest absolute Gasteiger partial charge is 0.325 e. The third-order valence-electron chi connectivity index (χ3n) is 8.46. The highest BCUT2D eigenvalue weighted by Gasteiger charge is 2.73. The zero-order valence-electron chi connectivity index (χ0n) is 18.8. The Morgan fingerprint density at radius 2 is 1.81 bits per heavy atom. The molecule has 1 aromatic carbocycles. The first kappa shape index (κ1) is 20.9. The van der Waals surface area contributed by atoms with Crippen LogP contribution in [0.15, 0.2) is 42.7 Å². The van der Waals surface area contributed by atoms with Gasteiger partial charge in [0.1, 0.15) is 6.04 Å². The van der Waals surface area contributed by atoms with Crippen LogP contribution in [0.5, 0.6) is 0 Å². The minimum atomic E-state index is -1.04. The topological polar surface area (TPSA) is 92.2 Å². The lowest BCUT2D eigenvalue weighted by Crippen LogP contribution is -2.65. The van der Waals surface area contributed by atoms with Crippen LogP contribution in [0.2, 0.25) is 0 Å². The van der Waals surface area contributed by atoms with E-state index in [1.165, 1.54) is 25.3 Å². The van der Waals surface area contributed by atoms with E-state index in [0.29, 0.717) is 34.9 Å². The molecule has 0 aliphatic heterocycles. The molecule has 1 heterocycles. The number of nitrogens with one attached hydrogen (secondary N) is 1. The molecule has 6 heteroatoms. The second-order valence-electron chi connectivity index (χ2n) is 10.2. The molecule has 32 heavy (non-hydrogen) atoms. The van der Waals surface area contributed by atoms with Crippen molar-refractivity contribution in [1.29, 1.82) is 0 Å². The third kappa shape index (κ3) is 3.07. The average molecular weight is 432 g/mol. The van der Waals surface area contributed by atoms with E-state index in [4.69, 9.17) is 5.11 Å². The summed E-state index contributed by atoms with van der Waals surface area (Å²) < 4.78 is 0. The Bertz CT molecular complexity index is 1110. The van der Waals surface area contributed by atoms with Gasteiger partial charge in [0, 0.05) is 29.9 Å². The first-order valence-electron chi connectivity index (χ1n) is 11.4. The molecule has 3 aliphatic carbocycles. The quantitative estimate of drug-likeness (QED) is 0.688.